The molecular formula is C36H44B2. The van der Waals surface area contributed by atoms with E-state index in [1.807, 2.05) is 0 Å². The summed E-state index contributed by atoms with van der Waals surface area (Å²) in [4.78, 5) is 0. The first-order valence-electron chi connectivity index (χ1n) is 14.1. The molecule has 0 aliphatic carbocycles. The Labute approximate surface area is 233 Å². The third kappa shape index (κ3) is 5.15. The molecule has 0 saturated carbocycles. The normalized spacial score (nSPS) is 11.2. The lowest BCUT2D eigenvalue weighted by atomic mass is 9.00. The summed E-state index contributed by atoms with van der Waals surface area (Å²) in [7, 11) is 0. The number of benzene rings is 4. The van der Waals surface area contributed by atoms with Gasteiger partial charge in [-0.3, -0.25) is 0 Å². The van der Waals surface area contributed by atoms with E-state index in [2.05, 4.69) is 132 Å². The van der Waals surface area contributed by atoms with Crippen LogP contribution in [-0.4, -0.2) is 13.2 Å². The van der Waals surface area contributed by atoms with Gasteiger partial charge in [-0.25, -0.2) is 0 Å². The third-order valence-electron chi connectivity index (χ3n) is 8.53. The zero-order chi connectivity index (χ0) is 28.0. The molecule has 0 saturated heterocycles. The molecule has 0 N–H and O–H groups in total. The van der Waals surface area contributed by atoms with E-state index in [1.54, 1.807) is 0 Å². The molecule has 38 heavy (non-hydrogen) atoms. The molecule has 0 aliphatic rings. The molecule has 0 spiro atoms. The highest BCUT2D eigenvalue weighted by Crippen LogP contribution is 2.19. The monoisotopic (exact) mass is 498 g/mol. The van der Waals surface area contributed by atoms with Crippen molar-refractivity contribution in [2.45, 2.75) is 83.1 Å². The van der Waals surface area contributed by atoms with Gasteiger partial charge in [0.25, 0.3) is 0 Å². The van der Waals surface area contributed by atoms with E-state index >= 15 is 0 Å². The van der Waals surface area contributed by atoms with Crippen molar-refractivity contribution >= 4 is 35.1 Å². The van der Waals surface area contributed by atoms with Crippen LogP contribution in [-0.2, 0) is 0 Å². The summed E-state index contributed by atoms with van der Waals surface area (Å²) in [5, 5.41) is 0. The van der Waals surface area contributed by atoms with Crippen molar-refractivity contribution in [1.82, 2.24) is 0 Å². The van der Waals surface area contributed by atoms with Crippen LogP contribution in [0.4, 0.5) is 0 Å². The molecule has 0 aromatic heterocycles. The molecule has 4 aromatic carbocycles. The van der Waals surface area contributed by atoms with Gasteiger partial charge in [-0.05, 0) is 83.1 Å². The van der Waals surface area contributed by atoms with Crippen molar-refractivity contribution in [3.63, 3.8) is 0 Å². The smallest absolute Gasteiger partial charge is 0.0757 e. The lowest BCUT2D eigenvalue weighted by Gasteiger charge is -2.33. The van der Waals surface area contributed by atoms with Crippen LogP contribution in [0.3, 0.4) is 0 Å². The van der Waals surface area contributed by atoms with Gasteiger partial charge in [0, 0.05) is 0 Å². The molecule has 194 valence electrons. The second-order valence-corrected chi connectivity index (χ2v) is 12.2. The highest BCUT2D eigenvalue weighted by atomic mass is 14.1. The largest absolute Gasteiger partial charge is 0.192 e. The number of rotatable bonds is 5. The van der Waals surface area contributed by atoms with E-state index in [4.69, 9.17) is 0 Å². The molecule has 0 atom stereocenters. The van der Waals surface area contributed by atoms with E-state index < -0.39 is 0 Å². The Bertz CT molecular complexity index is 1220. The lowest BCUT2D eigenvalue weighted by molar-refractivity contribution is 1.33. The van der Waals surface area contributed by atoms with E-state index in [0.29, 0.717) is 0 Å². The summed E-state index contributed by atoms with van der Waals surface area (Å²) in [6, 6.07) is 19.1. The Morgan fingerprint density at radius 1 is 0.263 bits per heavy atom. The van der Waals surface area contributed by atoms with Crippen LogP contribution in [0.15, 0.2) is 48.5 Å². The van der Waals surface area contributed by atoms with Crippen LogP contribution < -0.4 is 21.9 Å². The fourth-order valence-electron chi connectivity index (χ4n) is 7.68. The molecule has 4 aromatic rings. The molecule has 4 rings (SSSR count). The van der Waals surface area contributed by atoms with Gasteiger partial charge in [0.05, 0.1) is 0 Å². The third-order valence-corrected chi connectivity index (χ3v) is 8.53. The van der Waals surface area contributed by atoms with E-state index in [-0.39, 0.29) is 13.2 Å². The van der Waals surface area contributed by atoms with Crippen molar-refractivity contribution in [3.8, 4) is 0 Å². The molecule has 0 unspecified atom stereocenters. The van der Waals surface area contributed by atoms with Gasteiger partial charge in [0.2, 0.25) is 0 Å². The van der Waals surface area contributed by atoms with Gasteiger partial charge >= 0.3 is 0 Å². The Morgan fingerprint density at radius 3 is 0.526 bits per heavy atom. The van der Waals surface area contributed by atoms with Crippen LogP contribution >= 0.6 is 0 Å². The minimum atomic E-state index is 0.205. The lowest BCUT2D eigenvalue weighted by Crippen LogP contribution is -2.69. The summed E-state index contributed by atoms with van der Waals surface area (Å²) in [6.07, 6.45) is 0. The average molecular weight is 498 g/mol. The first-order chi connectivity index (χ1) is 17.8. The van der Waals surface area contributed by atoms with Crippen molar-refractivity contribution in [2.75, 3.05) is 0 Å². The van der Waals surface area contributed by atoms with Gasteiger partial charge < -0.3 is 0 Å². The molecule has 0 bridgehead atoms. The van der Waals surface area contributed by atoms with Gasteiger partial charge in [-0.15, -0.1) is 0 Å². The predicted octanol–water partition coefficient (Wildman–Crippen LogP) is 6.38. The fourth-order valence-corrected chi connectivity index (χ4v) is 7.68. The maximum absolute atomic E-state index is 2.38. The zero-order valence-electron chi connectivity index (χ0n) is 25.8. The number of hydrogen-bond donors (Lipinski definition) is 0. The number of hydrogen-bond acceptors (Lipinski definition) is 0. The van der Waals surface area contributed by atoms with Crippen LogP contribution in [0.2, 0.25) is 0 Å². The van der Waals surface area contributed by atoms with Gasteiger partial charge in [0.1, 0.15) is 0 Å². The Kier molecular flexibility index (Phi) is 7.85. The van der Waals surface area contributed by atoms with Gasteiger partial charge in [0.15, 0.2) is 13.2 Å². The molecule has 0 radical (unpaired) electrons. The highest BCUT2D eigenvalue weighted by molar-refractivity contribution is 7.42. The first-order valence-corrected chi connectivity index (χ1v) is 14.1. The maximum Gasteiger partial charge on any atom is 0.192 e. The van der Waals surface area contributed by atoms with Crippen molar-refractivity contribution in [1.29, 1.82) is 0 Å². The molecule has 2 heteroatoms. The number of aryl methyl sites for hydroxylation is 12. The van der Waals surface area contributed by atoms with Gasteiger partial charge in [-0.1, -0.05) is 137 Å². The van der Waals surface area contributed by atoms with Crippen molar-refractivity contribution in [2.24, 2.45) is 0 Å². The molecule has 0 amide bonds. The second-order valence-electron chi connectivity index (χ2n) is 12.2. The van der Waals surface area contributed by atoms with Crippen LogP contribution in [0.25, 0.3) is 0 Å². The second kappa shape index (κ2) is 10.6. The maximum atomic E-state index is 2.38. The molecular weight excluding hydrogens is 454 g/mol. The van der Waals surface area contributed by atoms with Crippen LogP contribution in [0.1, 0.15) is 66.8 Å². The standard InChI is InChI=1S/C36H44B2/c1-21-13-25(5)33(26(6)14-21)37(34-27(7)15-22(2)16-28(34)8)38(35-29(9)17-23(3)18-30(35)10)36-31(11)19-24(4)20-32(36)12/h13-20H,1-12H3. The SMILES string of the molecule is Cc1cc(C)c(B(B(c2c(C)cc(C)cc2C)c2c(C)cc(C)cc2C)c2c(C)cc(C)cc2C)c(C)c1. The Balaban J connectivity index is 2.24. The summed E-state index contributed by atoms with van der Waals surface area (Å²) in [6.45, 7) is 27.9. The Morgan fingerprint density at radius 2 is 0.395 bits per heavy atom. The summed E-state index contributed by atoms with van der Waals surface area (Å²) >= 11 is 0. The average Bonchev–Trinajstić information content (AvgIpc) is 2.74. The Hall–Kier alpha value is -2.99. The quantitative estimate of drug-likeness (QED) is 0.280. The predicted molar refractivity (Wildman–Crippen MR) is 173 cm³/mol. The summed E-state index contributed by atoms with van der Waals surface area (Å²) in [5.74, 6) is 0. The van der Waals surface area contributed by atoms with Gasteiger partial charge in [-0.2, -0.15) is 0 Å². The van der Waals surface area contributed by atoms with E-state index in [1.165, 1.54) is 88.6 Å². The highest BCUT2D eigenvalue weighted by Gasteiger charge is 2.41. The molecule has 0 heterocycles. The topological polar surface area (TPSA) is 0 Å². The van der Waals surface area contributed by atoms with E-state index in [9.17, 15) is 0 Å². The molecule has 0 nitrogen and oxygen atoms in total. The van der Waals surface area contributed by atoms with Crippen LogP contribution in [0.5, 0.6) is 0 Å². The first kappa shape index (κ1) is 28.0. The molecule has 0 aliphatic heterocycles. The van der Waals surface area contributed by atoms with E-state index in [0.717, 1.165) is 0 Å². The minimum absolute atomic E-state index is 0.205. The molecule has 0 fully saturated rings. The summed E-state index contributed by atoms with van der Waals surface area (Å²) < 4.78 is 0. The van der Waals surface area contributed by atoms with Crippen molar-refractivity contribution in [3.05, 3.63) is 115 Å². The minimum Gasteiger partial charge on any atom is -0.0757 e. The fraction of sp³-hybridized carbons (Fsp3) is 0.333. The summed E-state index contributed by atoms with van der Waals surface area (Å²) in [5.41, 5.74) is 22.4. The zero-order valence-corrected chi connectivity index (χ0v) is 25.8. The van der Waals surface area contributed by atoms with Crippen LogP contribution in [0, 0.1) is 83.1 Å². The van der Waals surface area contributed by atoms with Crippen molar-refractivity contribution < 1.29 is 0 Å².